The molecule has 0 bridgehead atoms. The van der Waals surface area contributed by atoms with Crippen LogP contribution in [0.2, 0.25) is 0 Å². The summed E-state index contributed by atoms with van der Waals surface area (Å²) in [6.07, 6.45) is 8.69. The predicted octanol–water partition coefficient (Wildman–Crippen LogP) is 5.26. The van der Waals surface area contributed by atoms with Crippen LogP contribution in [0, 0.1) is 0 Å². The summed E-state index contributed by atoms with van der Waals surface area (Å²) in [5.41, 5.74) is 3.08. The second-order valence-electron chi connectivity index (χ2n) is 6.20. The van der Waals surface area contributed by atoms with Crippen molar-refractivity contribution in [2.45, 2.75) is 49.8 Å². The van der Waals surface area contributed by atoms with Gasteiger partial charge in [0, 0.05) is 11.3 Å². The van der Waals surface area contributed by atoms with Crippen molar-refractivity contribution in [2.24, 2.45) is 0 Å². The Labute approximate surface area is 122 Å². The Morgan fingerprint density at radius 1 is 0.700 bits per heavy atom. The smallest absolute Gasteiger partial charge is 0.0833 e. The Balaban J connectivity index is 1.77. The van der Waals surface area contributed by atoms with E-state index in [9.17, 15) is 9.13 Å². The Morgan fingerprint density at radius 3 is 1.45 bits per heavy atom. The Kier molecular flexibility index (Phi) is 4.84. The van der Waals surface area contributed by atoms with Crippen LogP contribution in [-0.4, -0.2) is 12.3 Å². The van der Waals surface area contributed by atoms with Gasteiger partial charge in [-0.1, -0.05) is 37.1 Å². The van der Waals surface area contributed by atoms with Gasteiger partial charge in [0.2, 0.25) is 0 Å². The van der Waals surface area contributed by atoms with Crippen molar-refractivity contribution in [1.29, 1.82) is 0 Å². The zero-order valence-electron chi connectivity index (χ0n) is 11.9. The number of hydrogen-bond acceptors (Lipinski definition) is 2. The predicted molar refractivity (Wildman–Crippen MR) is 87.4 cm³/mol. The Bertz CT molecular complexity index is 463. The van der Waals surface area contributed by atoms with Crippen molar-refractivity contribution in [3.63, 3.8) is 0 Å². The van der Waals surface area contributed by atoms with Gasteiger partial charge >= 0.3 is 0 Å². The molecular formula is C16H24O2P2. The van der Waals surface area contributed by atoms with E-state index >= 15 is 0 Å². The van der Waals surface area contributed by atoms with Crippen LogP contribution < -0.4 is 0 Å². The summed E-state index contributed by atoms with van der Waals surface area (Å²) >= 11 is 0. The largest absolute Gasteiger partial charge is 0.326 e. The maximum Gasteiger partial charge on any atom is 0.0833 e. The monoisotopic (exact) mass is 310 g/mol. The Hall–Kier alpha value is -0.320. The third-order valence-corrected chi connectivity index (χ3v) is 9.34. The minimum absolute atomic E-state index is 0.297. The topological polar surface area (TPSA) is 34.1 Å². The molecule has 0 radical (unpaired) electrons. The molecule has 3 rings (SSSR count). The first-order valence-corrected chi connectivity index (χ1v) is 11.3. The van der Waals surface area contributed by atoms with Gasteiger partial charge in [0.05, 0.1) is 15.6 Å². The lowest BCUT2D eigenvalue weighted by Crippen LogP contribution is -2.04. The first kappa shape index (κ1) is 14.6. The van der Waals surface area contributed by atoms with Gasteiger partial charge in [-0.15, -0.1) is 0 Å². The molecule has 0 amide bonds. The van der Waals surface area contributed by atoms with Crippen molar-refractivity contribution >= 4 is 15.6 Å². The molecule has 4 unspecified atom stereocenters. The Morgan fingerprint density at radius 2 is 1.10 bits per heavy atom. The van der Waals surface area contributed by atoms with Gasteiger partial charge in [-0.3, -0.25) is 0 Å². The fraction of sp³-hybridized carbons (Fsp3) is 0.625. The van der Waals surface area contributed by atoms with Gasteiger partial charge in [0.15, 0.2) is 0 Å². The molecule has 2 saturated heterocycles. The maximum atomic E-state index is 12.2. The van der Waals surface area contributed by atoms with Crippen molar-refractivity contribution in [2.75, 3.05) is 12.3 Å². The SMILES string of the molecule is O=[PH]1CCCCC1c1ccc(C2CCCC[PH]2=O)cc1. The third kappa shape index (κ3) is 3.12. The third-order valence-electron chi connectivity index (χ3n) is 4.85. The quantitative estimate of drug-likeness (QED) is 0.699. The van der Waals surface area contributed by atoms with Crippen molar-refractivity contribution in [3.8, 4) is 0 Å². The van der Waals surface area contributed by atoms with E-state index in [-0.39, 0.29) is 0 Å². The second kappa shape index (κ2) is 6.63. The average molecular weight is 310 g/mol. The molecule has 2 heterocycles. The molecule has 2 fully saturated rings. The van der Waals surface area contributed by atoms with Crippen LogP contribution in [0.25, 0.3) is 0 Å². The van der Waals surface area contributed by atoms with Crippen molar-refractivity contribution in [3.05, 3.63) is 35.4 Å². The van der Waals surface area contributed by atoms with Crippen molar-refractivity contribution < 1.29 is 9.13 Å². The number of hydrogen-bond donors (Lipinski definition) is 0. The molecule has 2 aliphatic rings. The highest BCUT2D eigenvalue weighted by Crippen LogP contribution is 2.51. The van der Waals surface area contributed by atoms with E-state index in [1.807, 2.05) is 0 Å². The molecule has 0 aliphatic carbocycles. The summed E-state index contributed by atoms with van der Waals surface area (Å²) in [5.74, 6) is 0. The molecule has 0 saturated carbocycles. The van der Waals surface area contributed by atoms with Crippen molar-refractivity contribution in [1.82, 2.24) is 0 Å². The molecule has 0 spiro atoms. The first-order valence-electron chi connectivity index (χ1n) is 7.91. The van der Waals surface area contributed by atoms with E-state index in [2.05, 4.69) is 24.3 Å². The standard InChI is InChI=1S/C16H24O2P2/c17-19-11-3-1-5-15(19)13-7-9-14(10-8-13)16-6-2-4-12-20(16)18/h7-10,15-16,19-20H,1-6,11-12H2. The van der Waals surface area contributed by atoms with E-state index in [4.69, 9.17) is 0 Å². The van der Waals surface area contributed by atoms with Gasteiger partial charge in [0.1, 0.15) is 0 Å². The molecular weight excluding hydrogens is 286 g/mol. The van der Waals surface area contributed by atoms with Crippen LogP contribution in [0.4, 0.5) is 0 Å². The molecule has 1 aromatic carbocycles. The fourth-order valence-electron chi connectivity index (χ4n) is 3.63. The highest BCUT2D eigenvalue weighted by atomic mass is 31.1. The zero-order valence-corrected chi connectivity index (χ0v) is 13.9. The van der Waals surface area contributed by atoms with Crippen LogP contribution in [0.5, 0.6) is 0 Å². The molecule has 0 N–H and O–H groups in total. The molecule has 0 aromatic heterocycles. The fourth-order valence-corrected chi connectivity index (χ4v) is 7.71. The van der Waals surface area contributed by atoms with Crippen LogP contribution in [0.15, 0.2) is 24.3 Å². The average Bonchev–Trinajstić information content (AvgIpc) is 2.49. The van der Waals surface area contributed by atoms with Crippen LogP contribution in [0.1, 0.15) is 61.0 Å². The van der Waals surface area contributed by atoms with E-state index < -0.39 is 15.6 Å². The van der Waals surface area contributed by atoms with E-state index in [0.717, 1.165) is 38.0 Å². The highest BCUT2D eigenvalue weighted by Gasteiger charge is 2.24. The number of benzene rings is 1. The first-order chi connectivity index (χ1) is 9.75. The summed E-state index contributed by atoms with van der Waals surface area (Å²) in [6, 6.07) is 8.60. The molecule has 110 valence electrons. The summed E-state index contributed by atoms with van der Waals surface area (Å²) in [7, 11) is -2.87. The number of rotatable bonds is 2. The molecule has 4 atom stereocenters. The van der Waals surface area contributed by atoms with Gasteiger partial charge in [0.25, 0.3) is 0 Å². The minimum Gasteiger partial charge on any atom is -0.326 e. The zero-order chi connectivity index (χ0) is 13.9. The maximum absolute atomic E-state index is 12.2. The molecule has 2 aliphatic heterocycles. The van der Waals surface area contributed by atoms with Crippen LogP contribution in [0.3, 0.4) is 0 Å². The second-order valence-corrected chi connectivity index (χ2v) is 10.5. The van der Waals surface area contributed by atoms with Crippen LogP contribution in [-0.2, 0) is 9.13 Å². The summed E-state index contributed by atoms with van der Waals surface area (Å²) in [4.78, 5) is 0. The normalized spacial score (nSPS) is 34.8. The highest BCUT2D eigenvalue weighted by molar-refractivity contribution is 7.45. The molecule has 1 aromatic rings. The lowest BCUT2D eigenvalue weighted by molar-refractivity contribution is 0.551. The summed E-state index contributed by atoms with van der Waals surface area (Å²) in [6.45, 7) is 0. The van der Waals surface area contributed by atoms with Gasteiger partial charge in [-0.25, -0.2) is 0 Å². The lowest BCUT2D eigenvalue weighted by Gasteiger charge is -2.24. The summed E-state index contributed by atoms with van der Waals surface area (Å²) in [5, 5.41) is 0. The van der Waals surface area contributed by atoms with Gasteiger partial charge in [-0.2, -0.15) is 0 Å². The van der Waals surface area contributed by atoms with E-state index in [0.29, 0.717) is 11.3 Å². The van der Waals surface area contributed by atoms with Gasteiger partial charge in [-0.05, 0) is 49.1 Å². The van der Waals surface area contributed by atoms with E-state index in [1.165, 1.54) is 24.0 Å². The van der Waals surface area contributed by atoms with E-state index in [1.54, 1.807) is 0 Å². The molecule has 4 heteroatoms. The van der Waals surface area contributed by atoms with Crippen LogP contribution >= 0.6 is 15.6 Å². The molecule has 2 nitrogen and oxygen atoms in total. The molecule has 20 heavy (non-hydrogen) atoms. The summed E-state index contributed by atoms with van der Waals surface area (Å²) < 4.78 is 24.3. The minimum atomic E-state index is -1.44. The lowest BCUT2D eigenvalue weighted by atomic mass is 10.0. The van der Waals surface area contributed by atoms with Gasteiger partial charge < -0.3 is 9.13 Å².